The molecule has 0 radical (unpaired) electrons. The van der Waals surface area contributed by atoms with Crippen molar-refractivity contribution in [1.82, 2.24) is 5.32 Å². The molecule has 5 N–H and O–H groups in total. The minimum Gasteiger partial charge on any atom is -0.472 e. The normalized spacial score (nSPS) is 35.1. The maximum absolute atomic E-state index is 11.7. The van der Waals surface area contributed by atoms with Gasteiger partial charge in [-0.2, -0.15) is 0 Å². The fourth-order valence-electron chi connectivity index (χ4n) is 1.88. The zero-order valence-corrected chi connectivity index (χ0v) is 9.84. The van der Waals surface area contributed by atoms with Crippen LogP contribution in [0.1, 0.15) is 10.4 Å². The van der Waals surface area contributed by atoms with E-state index in [0.29, 0.717) is 0 Å². The van der Waals surface area contributed by atoms with Crippen LogP contribution in [0.25, 0.3) is 0 Å². The molecule has 1 aromatic heterocycles. The molecule has 1 aromatic rings. The highest BCUT2D eigenvalue weighted by molar-refractivity contribution is 5.94. The number of hydrogen-bond acceptors (Lipinski definition) is 7. The van der Waals surface area contributed by atoms with Gasteiger partial charge in [-0.25, -0.2) is 0 Å². The van der Waals surface area contributed by atoms with Crippen molar-refractivity contribution in [3.05, 3.63) is 24.2 Å². The summed E-state index contributed by atoms with van der Waals surface area (Å²) < 4.78 is 9.64. The predicted octanol–water partition coefficient (Wildman–Crippen LogP) is -2.19. The Labute approximate surface area is 108 Å². The molecular formula is C11H15NO7. The van der Waals surface area contributed by atoms with Gasteiger partial charge in [0.1, 0.15) is 30.6 Å². The molecule has 1 amide bonds. The average Bonchev–Trinajstić information content (AvgIpc) is 2.92. The number of aliphatic hydroxyl groups is 4. The summed E-state index contributed by atoms with van der Waals surface area (Å²) in [6, 6.07) is 0.199. The first-order valence-corrected chi connectivity index (χ1v) is 5.68. The highest BCUT2D eigenvalue weighted by Crippen LogP contribution is 2.20. The third kappa shape index (κ3) is 2.77. The number of furan rings is 1. The second-order valence-electron chi connectivity index (χ2n) is 4.24. The van der Waals surface area contributed by atoms with Crippen molar-refractivity contribution >= 4 is 5.91 Å². The predicted molar refractivity (Wildman–Crippen MR) is 59.9 cm³/mol. The lowest BCUT2D eigenvalue weighted by Crippen LogP contribution is -2.64. The third-order valence-corrected chi connectivity index (χ3v) is 2.98. The molecule has 2 rings (SSSR count). The summed E-state index contributed by atoms with van der Waals surface area (Å²) in [5.74, 6) is -0.588. The molecule has 2 heterocycles. The molecule has 8 nitrogen and oxygen atoms in total. The first-order valence-electron chi connectivity index (χ1n) is 5.68. The topological polar surface area (TPSA) is 132 Å². The number of aliphatic hydroxyl groups excluding tert-OH is 4. The second kappa shape index (κ2) is 5.68. The molecule has 1 unspecified atom stereocenters. The van der Waals surface area contributed by atoms with Gasteiger partial charge in [-0.15, -0.1) is 0 Å². The number of nitrogens with one attached hydrogen (secondary N) is 1. The van der Waals surface area contributed by atoms with Gasteiger partial charge in [0.05, 0.1) is 18.4 Å². The van der Waals surface area contributed by atoms with E-state index >= 15 is 0 Å². The monoisotopic (exact) mass is 273 g/mol. The summed E-state index contributed by atoms with van der Waals surface area (Å²) in [4.78, 5) is 11.7. The lowest BCUT2D eigenvalue weighted by Gasteiger charge is -2.40. The Hall–Kier alpha value is -1.45. The maximum atomic E-state index is 11.7. The molecule has 0 aromatic carbocycles. The molecule has 0 bridgehead atoms. The van der Waals surface area contributed by atoms with E-state index in [9.17, 15) is 20.1 Å². The number of carbonyl (C=O) groups excluding carboxylic acids is 1. The van der Waals surface area contributed by atoms with Gasteiger partial charge in [-0.1, -0.05) is 0 Å². The molecule has 1 aliphatic heterocycles. The molecule has 106 valence electrons. The van der Waals surface area contributed by atoms with Crippen molar-refractivity contribution in [3.63, 3.8) is 0 Å². The summed E-state index contributed by atoms with van der Waals surface area (Å²) in [5.41, 5.74) is 0.207. The summed E-state index contributed by atoms with van der Waals surface area (Å²) in [6.07, 6.45) is -3.01. The standard InChI is InChI=1S/C11H15NO7/c13-3-6-8(14)9(15)7(11(17)19-6)12-10(16)5-1-2-18-4-5/h1-2,4,6-9,11,13-15,17H,3H2,(H,12,16)/t6-,7+,8-,9-,11?/m1/s1. The first-order chi connectivity index (χ1) is 9.04. The van der Waals surface area contributed by atoms with Gasteiger partial charge in [0.15, 0.2) is 6.29 Å². The Morgan fingerprint density at radius 3 is 2.63 bits per heavy atom. The van der Waals surface area contributed by atoms with Crippen LogP contribution in [0.4, 0.5) is 0 Å². The van der Waals surface area contributed by atoms with Crippen molar-refractivity contribution in [2.24, 2.45) is 0 Å². The average molecular weight is 273 g/mol. The van der Waals surface area contributed by atoms with Gasteiger partial charge in [-0.3, -0.25) is 4.79 Å². The molecule has 8 heteroatoms. The summed E-state index contributed by atoms with van der Waals surface area (Å²) in [5, 5.41) is 40.4. The van der Waals surface area contributed by atoms with Crippen LogP contribution in [0.2, 0.25) is 0 Å². The van der Waals surface area contributed by atoms with E-state index < -0.39 is 43.2 Å². The SMILES string of the molecule is O=C(N[C@@H]1C(O)O[C@H](CO)[C@@H](O)[C@@H]1O)c1ccoc1. The third-order valence-electron chi connectivity index (χ3n) is 2.98. The van der Waals surface area contributed by atoms with Crippen molar-refractivity contribution in [2.45, 2.75) is 30.6 Å². The van der Waals surface area contributed by atoms with E-state index in [1.807, 2.05) is 0 Å². The van der Waals surface area contributed by atoms with Crippen molar-refractivity contribution in [1.29, 1.82) is 0 Å². The quantitative estimate of drug-likeness (QED) is 0.422. The number of ether oxygens (including phenoxy) is 1. The summed E-state index contributed by atoms with van der Waals surface area (Å²) in [6.45, 7) is -0.558. The molecule has 0 spiro atoms. The van der Waals surface area contributed by atoms with Gasteiger partial charge in [-0.05, 0) is 6.07 Å². The van der Waals surface area contributed by atoms with Gasteiger partial charge in [0.25, 0.3) is 5.91 Å². The fourth-order valence-corrected chi connectivity index (χ4v) is 1.88. The highest BCUT2D eigenvalue weighted by atomic mass is 16.6. The van der Waals surface area contributed by atoms with E-state index in [4.69, 9.17) is 14.3 Å². The summed E-state index contributed by atoms with van der Waals surface area (Å²) in [7, 11) is 0. The van der Waals surface area contributed by atoms with Crippen LogP contribution in [0.5, 0.6) is 0 Å². The second-order valence-corrected chi connectivity index (χ2v) is 4.24. The van der Waals surface area contributed by atoms with E-state index in [1.165, 1.54) is 18.6 Å². The lowest BCUT2D eigenvalue weighted by molar-refractivity contribution is -0.252. The smallest absolute Gasteiger partial charge is 0.255 e. The van der Waals surface area contributed by atoms with Crippen LogP contribution in [0.3, 0.4) is 0 Å². The van der Waals surface area contributed by atoms with E-state index in [1.54, 1.807) is 0 Å². The molecule has 19 heavy (non-hydrogen) atoms. The van der Waals surface area contributed by atoms with Crippen LogP contribution in [0, 0.1) is 0 Å². The van der Waals surface area contributed by atoms with Crippen LogP contribution in [-0.2, 0) is 4.74 Å². The largest absolute Gasteiger partial charge is 0.472 e. The number of rotatable bonds is 3. The molecule has 0 saturated carbocycles. The zero-order valence-electron chi connectivity index (χ0n) is 9.84. The van der Waals surface area contributed by atoms with Gasteiger partial charge < -0.3 is 34.9 Å². The molecule has 1 saturated heterocycles. The minimum atomic E-state index is -1.54. The minimum absolute atomic E-state index is 0.207. The molecule has 1 aliphatic rings. The van der Waals surface area contributed by atoms with Crippen molar-refractivity contribution in [3.8, 4) is 0 Å². The van der Waals surface area contributed by atoms with Crippen molar-refractivity contribution < 1.29 is 34.4 Å². The fraction of sp³-hybridized carbons (Fsp3) is 0.545. The van der Waals surface area contributed by atoms with Gasteiger partial charge in [0, 0.05) is 0 Å². The lowest BCUT2D eigenvalue weighted by atomic mass is 9.97. The summed E-state index contributed by atoms with van der Waals surface area (Å²) >= 11 is 0. The Bertz CT molecular complexity index is 421. The van der Waals surface area contributed by atoms with Gasteiger partial charge >= 0.3 is 0 Å². The number of hydrogen-bond donors (Lipinski definition) is 5. The van der Waals surface area contributed by atoms with E-state index in [-0.39, 0.29) is 5.56 Å². The van der Waals surface area contributed by atoms with E-state index in [2.05, 4.69) is 5.32 Å². The first kappa shape index (κ1) is 14.0. The van der Waals surface area contributed by atoms with Crippen LogP contribution >= 0.6 is 0 Å². The molecule has 1 fully saturated rings. The van der Waals surface area contributed by atoms with Gasteiger partial charge in [0.2, 0.25) is 0 Å². The maximum Gasteiger partial charge on any atom is 0.255 e. The Kier molecular flexibility index (Phi) is 4.17. The Balaban J connectivity index is 2.05. The number of carbonyl (C=O) groups is 1. The Morgan fingerprint density at radius 2 is 2.05 bits per heavy atom. The van der Waals surface area contributed by atoms with Crippen molar-refractivity contribution in [2.75, 3.05) is 6.61 Å². The van der Waals surface area contributed by atoms with Crippen LogP contribution < -0.4 is 5.32 Å². The van der Waals surface area contributed by atoms with Crippen LogP contribution in [-0.4, -0.2) is 63.6 Å². The zero-order chi connectivity index (χ0) is 14.0. The van der Waals surface area contributed by atoms with Crippen LogP contribution in [0.15, 0.2) is 23.0 Å². The Morgan fingerprint density at radius 1 is 1.32 bits per heavy atom. The highest BCUT2D eigenvalue weighted by Gasteiger charge is 2.44. The molecule has 0 aliphatic carbocycles. The molecular weight excluding hydrogens is 258 g/mol. The number of amides is 1. The molecule has 5 atom stereocenters. The van der Waals surface area contributed by atoms with E-state index in [0.717, 1.165) is 0 Å².